The number of carbonyl (C=O) groups is 2. The molecule has 2 atom stereocenters. The van der Waals surface area contributed by atoms with Gasteiger partial charge in [0, 0.05) is 23.7 Å². The first-order chi connectivity index (χ1) is 21.4. The van der Waals surface area contributed by atoms with Gasteiger partial charge in [-0.05, 0) is 47.6 Å². The number of amides is 2. The van der Waals surface area contributed by atoms with E-state index in [2.05, 4.69) is 25.9 Å². The molecule has 0 radical (unpaired) electrons. The number of aromatic nitrogens is 4. The van der Waals surface area contributed by atoms with Crippen molar-refractivity contribution in [2.45, 2.75) is 84.0 Å². The molecule has 0 saturated carbocycles. The van der Waals surface area contributed by atoms with Gasteiger partial charge in [-0.2, -0.15) is 23.3 Å². The molecule has 0 unspecified atom stereocenters. The fraction of sp³-hybridized carbons (Fsp3) is 0.500. The molecule has 1 aromatic carbocycles. The van der Waals surface area contributed by atoms with Crippen LogP contribution in [0.25, 0.3) is 22.6 Å². The van der Waals surface area contributed by atoms with Gasteiger partial charge in [-0.15, -0.1) is 0 Å². The highest BCUT2D eigenvalue weighted by atomic mass is 19.4. The van der Waals surface area contributed by atoms with Crippen molar-refractivity contribution in [3.05, 3.63) is 47.6 Å². The zero-order valence-corrected chi connectivity index (χ0v) is 26.2. The van der Waals surface area contributed by atoms with E-state index in [9.17, 15) is 22.8 Å². The van der Waals surface area contributed by atoms with Crippen molar-refractivity contribution in [2.75, 3.05) is 18.4 Å². The molecule has 2 amide bonds. The number of fused-ring (bicyclic) bond motifs is 1. The van der Waals surface area contributed by atoms with Gasteiger partial charge in [0.15, 0.2) is 11.3 Å². The number of alkyl halides is 4. The van der Waals surface area contributed by atoms with Crippen LogP contribution in [-0.2, 0) is 23.2 Å². The Morgan fingerprint density at radius 1 is 1.11 bits per heavy atom. The van der Waals surface area contributed by atoms with E-state index in [1.54, 1.807) is 31.6 Å². The number of halogens is 4. The zero-order chi connectivity index (χ0) is 33.6. The average molecular weight is 650 g/mol. The van der Waals surface area contributed by atoms with E-state index in [0.717, 1.165) is 0 Å². The molecular weight excluding hydrogens is 614 g/mol. The normalized spacial score (nSPS) is 17.5. The van der Waals surface area contributed by atoms with Crippen molar-refractivity contribution in [1.29, 1.82) is 0 Å². The predicted octanol–water partition coefficient (Wildman–Crippen LogP) is 5.84. The summed E-state index contributed by atoms with van der Waals surface area (Å²) >= 11 is 0. The Bertz CT molecular complexity index is 1730. The van der Waals surface area contributed by atoms with Crippen LogP contribution in [0.5, 0.6) is 0 Å². The lowest BCUT2D eigenvalue weighted by atomic mass is 10.1. The molecule has 1 fully saturated rings. The van der Waals surface area contributed by atoms with Gasteiger partial charge in [-0.1, -0.05) is 17.3 Å². The minimum Gasteiger partial charge on any atom is -0.450 e. The number of ether oxygens (including phenoxy) is 1. The third-order valence-electron chi connectivity index (χ3n) is 7.04. The highest BCUT2D eigenvalue weighted by Crippen LogP contribution is 2.40. The Balaban J connectivity index is 1.37. The summed E-state index contributed by atoms with van der Waals surface area (Å²) in [6.45, 7) is 10.4. The molecule has 16 heteroatoms. The summed E-state index contributed by atoms with van der Waals surface area (Å²) in [4.78, 5) is 30.5. The second-order valence-electron chi connectivity index (χ2n) is 13.1. The predicted molar refractivity (Wildman–Crippen MR) is 158 cm³/mol. The molecule has 0 aliphatic carbocycles. The van der Waals surface area contributed by atoms with Crippen LogP contribution in [0.2, 0.25) is 0 Å². The van der Waals surface area contributed by atoms with Crippen LogP contribution >= 0.6 is 0 Å². The molecule has 3 aromatic heterocycles. The Labute approximate surface area is 261 Å². The van der Waals surface area contributed by atoms with Crippen molar-refractivity contribution >= 4 is 28.7 Å². The Hall–Kier alpha value is -4.63. The Morgan fingerprint density at radius 2 is 1.85 bits per heavy atom. The van der Waals surface area contributed by atoms with Crippen LogP contribution in [0, 0.1) is 0 Å². The maximum Gasteiger partial charge on any atom is 0.410 e. The summed E-state index contributed by atoms with van der Waals surface area (Å²) in [5.41, 5.74) is -0.799. The second kappa shape index (κ2) is 11.9. The smallest absolute Gasteiger partial charge is 0.410 e. The number of hydrogen-bond acceptors (Lipinski definition) is 9. The van der Waals surface area contributed by atoms with Crippen molar-refractivity contribution in [2.24, 2.45) is 0 Å². The molecule has 0 spiro atoms. The van der Waals surface area contributed by atoms with Crippen LogP contribution in [0.4, 0.5) is 28.0 Å². The van der Waals surface area contributed by atoms with Gasteiger partial charge in [0.25, 0.3) is 5.91 Å². The molecular formula is C30H35F4N7O5. The molecule has 248 valence electrons. The molecule has 1 aliphatic heterocycles. The molecule has 5 rings (SSSR count). The van der Waals surface area contributed by atoms with Crippen molar-refractivity contribution in [3.63, 3.8) is 0 Å². The minimum atomic E-state index is -4.61. The van der Waals surface area contributed by atoms with E-state index < -0.39 is 42.4 Å². The molecule has 4 heterocycles. The summed E-state index contributed by atoms with van der Waals surface area (Å²) in [6.07, 6.45) is -5.13. The lowest BCUT2D eigenvalue weighted by Crippen LogP contribution is -2.36. The van der Waals surface area contributed by atoms with Gasteiger partial charge in [-0.25, -0.2) is 9.18 Å². The summed E-state index contributed by atoms with van der Waals surface area (Å²) in [5, 5.41) is 13.7. The standard InChI is InChI=1S/C30H35F4N7O5/c1-28(2,3)41-13-16(11-36-41)26(42)35-12-22-38-25(39-46-22)24-18(10-30(32,33)34)17-8-7-9-20(23(17)44-24)37-21-15-40(14-19(21)31)27(43)45-29(4,5)6/h7-9,11,13,19,21,37H,10,12,14-15H2,1-6H3,(H,35,42)/t19-,21+/m0/s1. The molecule has 1 aliphatic rings. The van der Waals surface area contributed by atoms with Gasteiger partial charge >= 0.3 is 12.3 Å². The van der Waals surface area contributed by atoms with E-state index in [-0.39, 0.29) is 64.9 Å². The maximum absolute atomic E-state index is 15.0. The summed E-state index contributed by atoms with van der Waals surface area (Å²) in [6, 6.07) is 3.61. The number of rotatable bonds is 7. The largest absolute Gasteiger partial charge is 0.450 e. The molecule has 12 nitrogen and oxygen atoms in total. The fourth-order valence-electron chi connectivity index (χ4n) is 4.90. The average Bonchev–Trinajstić information content (AvgIpc) is 3.72. The fourth-order valence-corrected chi connectivity index (χ4v) is 4.90. The topological polar surface area (TPSA) is 141 Å². The first-order valence-corrected chi connectivity index (χ1v) is 14.5. The van der Waals surface area contributed by atoms with Gasteiger partial charge in [0.05, 0.1) is 48.5 Å². The van der Waals surface area contributed by atoms with Crippen LogP contribution in [0.1, 0.15) is 63.4 Å². The van der Waals surface area contributed by atoms with Crippen molar-refractivity contribution in [3.8, 4) is 11.6 Å². The number of nitrogens with one attached hydrogen (secondary N) is 2. The maximum atomic E-state index is 15.0. The van der Waals surface area contributed by atoms with E-state index in [4.69, 9.17) is 13.7 Å². The summed E-state index contributed by atoms with van der Waals surface area (Å²) in [5.74, 6) is -1.08. The summed E-state index contributed by atoms with van der Waals surface area (Å²) < 4.78 is 74.3. The number of nitrogens with zero attached hydrogens (tertiary/aromatic N) is 5. The lowest BCUT2D eigenvalue weighted by Gasteiger charge is -2.24. The van der Waals surface area contributed by atoms with Crippen molar-refractivity contribution in [1.82, 2.24) is 30.1 Å². The quantitative estimate of drug-likeness (QED) is 0.236. The monoisotopic (exact) mass is 649 g/mol. The van der Waals surface area contributed by atoms with Gasteiger partial charge in [0.1, 0.15) is 11.8 Å². The second-order valence-corrected chi connectivity index (χ2v) is 13.1. The summed E-state index contributed by atoms with van der Waals surface area (Å²) in [7, 11) is 0. The SMILES string of the molecule is CC(C)(C)OC(=O)N1C[C@H](F)[C@H](Nc2cccc3c(CC(F)(F)F)c(-c4noc(CNC(=O)c5cnn(C(C)(C)C)c5)n4)oc23)C1. The van der Waals surface area contributed by atoms with E-state index >= 15 is 4.39 Å². The van der Waals surface area contributed by atoms with Gasteiger partial charge in [0.2, 0.25) is 11.7 Å². The Morgan fingerprint density at radius 3 is 2.50 bits per heavy atom. The van der Waals surface area contributed by atoms with Crippen LogP contribution in [0.3, 0.4) is 0 Å². The van der Waals surface area contributed by atoms with Crippen LogP contribution < -0.4 is 10.6 Å². The lowest BCUT2D eigenvalue weighted by molar-refractivity contribution is -0.127. The highest BCUT2D eigenvalue weighted by molar-refractivity contribution is 5.95. The first kappa shape index (κ1) is 32.8. The number of hydrogen-bond donors (Lipinski definition) is 2. The minimum absolute atomic E-state index is 0.0233. The third-order valence-corrected chi connectivity index (χ3v) is 7.04. The van der Waals surface area contributed by atoms with Gasteiger partial charge in [-0.3, -0.25) is 9.48 Å². The first-order valence-electron chi connectivity index (χ1n) is 14.5. The Kier molecular flexibility index (Phi) is 8.51. The number of anilines is 1. The molecule has 46 heavy (non-hydrogen) atoms. The van der Waals surface area contributed by atoms with Crippen LogP contribution in [0.15, 0.2) is 39.5 Å². The number of furan rings is 1. The number of para-hydroxylation sites is 1. The van der Waals surface area contributed by atoms with E-state index in [0.29, 0.717) is 5.56 Å². The number of benzene rings is 1. The van der Waals surface area contributed by atoms with E-state index in [1.165, 1.54) is 29.3 Å². The van der Waals surface area contributed by atoms with Crippen LogP contribution in [-0.4, -0.2) is 73.9 Å². The van der Waals surface area contributed by atoms with Crippen molar-refractivity contribution < 1.29 is 40.8 Å². The van der Waals surface area contributed by atoms with E-state index in [1.807, 2.05) is 20.8 Å². The number of likely N-dealkylation sites (tertiary alicyclic amines) is 1. The highest BCUT2D eigenvalue weighted by Gasteiger charge is 2.39. The zero-order valence-electron chi connectivity index (χ0n) is 26.2. The molecule has 4 aromatic rings. The molecule has 2 N–H and O–H groups in total. The third kappa shape index (κ3) is 7.42. The molecule has 0 bridgehead atoms. The van der Waals surface area contributed by atoms with Gasteiger partial charge < -0.3 is 29.2 Å². The number of carbonyl (C=O) groups excluding carboxylic acids is 2. The molecule has 1 saturated heterocycles.